The molecule has 0 N–H and O–H groups in total. The van der Waals surface area contributed by atoms with Gasteiger partial charge in [-0.25, -0.2) is 15.0 Å². The normalized spacial score (nSPS) is 13.4. The van der Waals surface area contributed by atoms with E-state index in [1.165, 1.54) is 16.7 Å². The zero-order valence-electron chi connectivity index (χ0n) is 15.6. The molecule has 0 spiro atoms. The highest BCUT2D eigenvalue weighted by Crippen LogP contribution is 2.28. The van der Waals surface area contributed by atoms with Crippen LogP contribution in [-0.4, -0.2) is 28.5 Å². The number of benzene rings is 1. The van der Waals surface area contributed by atoms with Crippen LogP contribution in [0.2, 0.25) is 5.02 Å². The first-order valence-electron chi connectivity index (χ1n) is 9.06. The van der Waals surface area contributed by atoms with Gasteiger partial charge in [0.25, 0.3) is 0 Å². The fourth-order valence-corrected chi connectivity index (χ4v) is 3.56. The van der Waals surface area contributed by atoms with Gasteiger partial charge < -0.3 is 9.80 Å². The molecule has 3 aromatic rings. The second kappa shape index (κ2) is 7.53. The summed E-state index contributed by atoms with van der Waals surface area (Å²) in [7, 11) is 2.07. The SMILES string of the molecule is Cc1ccc(N2CCc3ncnc(N(C)Cc4ccc(Cl)cc4)c3C2)nc1. The van der Waals surface area contributed by atoms with E-state index in [9.17, 15) is 0 Å². The molecular weight excluding hydrogens is 358 g/mol. The van der Waals surface area contributed by atoms with Gasteiger partial charge in [0, 0.05) is 49.9 Å². The van der Waals surface area contributed by atoms with E-state index in [1.54, 1.807) is 6.33 Å². The summed E-state index contributed by atoms with van der Waals surface area (Å²) in [4.78, 5) is 18.2. The average molecular weight is 380 g/mol. The number of pyridine rings is 1. The molecule has 1 aliphatic heterocycles. The Morgan fingerprint density at radius 3 is 2.63 bits per heavy atom. The molecule has 5 nitrogen and oxygen atoms in total. The van der Waals surface area contributed by atoms with Crippen LogP contribution < -0.4 is 9.80 Å². The molecule has 0 radical (unpaired) electrons. The minimum atomic E-state index is 0.752. The van der Waals surface area contributed by atoms with E-state index in [2.05, 4.69) is 63.0 Å². The molecule has 0 saturated heterocycles. The lowest BCUT2D eigenvalue weighted by Crippen LogP contribution is -2.33. The molecule has 138 valence electrons. The Morgan fingerprint density at radius 2 is 1.89 bits per heavy atom. The predicted octanol–water partition coefficient (Wildman–Crippen LogP) is 4.03. The highest BCUT2D eigenvalue weighted by atomic mass is 35.5. The lowest BCUT2D eigenvalue weighted by atomic mass is 10.1. The Morgan fingerprint density at radius 1 is 1.07 bits per heavy atom. The maximum Gasteiger partial charge on any atom is 0.137 e. The fraction of sp³-hybridized carbons (Fsp3) is 0.286. The Balaban J connectivity index is 1.58. The van der Waals surface area contributed by atoms with Gasteiger partial charge >= 0.3 is 0 Å². The highest BCUT2D eigenvalue weighted by Gasteiger charge is 2.23. The summed E-state index contributed by atoms with van der Waals surface area (Å²) in [5.41, 5.74) is 4.68. The second-order valence-corrected chi connectivity index (χ2v) is 7.41. The van der Waals surface area contributed by atoms with Crippen LogP contribution in [0.1, 0.15) is 22.4 Å². The number of anilines is 2. The van der Waals surface area contributed by atoms with Gasteiger partial charge in [0.05, 0.1) is 5.69 Å². The fourth-order valence-electron chi connectivity index (χ4n) is 3.44. The van der Waals surface area contributed by atoms with E-state index in [-0.39, 0.29) is 0 Å². The van der Waals surface area contributed by atoms with Crippen molar-refractivity contribution >= 4 is 23.2 Å². The van der Waals surface area contributed by atoms with Gasteiger partial charge in [-0.05, 0) is 36.2 Å². The van der Waals surface area contributed by atoms with Crippen molar-refractivity contribution in [2.75, 3.05) is 23.4 Å². The van der Waals surface area contributed by atoms with E-state index in [0.717, 1.165) is 48.4 Å². The first kappa shape index (κ1) is 17.7. The van der Waals surface area contributed by atoms with Crippen molar-refractivity contribution in [1.29, 1.82) is 0 Å². The number of aromatic nitrogens is 3. The van der Waals surface area contributed by atoms with E-state index in [1.807, 2.05) is 18.3 Å². The molecule has 0 saturated carbocycles. The Hall–Kier alpha value is -2.66. The molecule has 1 aromatic carbocycles. The quantitative estimate of drug-likeness (QED) is 0.684. The third kappa shape index (κ3) is 3.88. The summed E-state index contributed by atoms with van der Waals surface area (Å²) in [6.45, 7) is 4.51. The average Bonchev–Trinajstić information content (AvgIpc) is 2.69. The molecule has 27 heavy (non-hydrogen) atoms. The smallest absolute Gasteiger partial charge is 0.137 e. The van der Waals surface area contributed by atoms with Gasteiger partial charge in [0.1, 0.15) is 18.0 Å². The summed E-state index contributed by atoms with van der Waals surface area (Å²) < 4.78 is 0. The van der Waals surface area contributed by atoms with Crippen molar-refractivity contribution in [2.45, 2.75) is 26.4 Å². The largest absolute Gasteiger partial charge is 0.355 e. The van der Waals surface area contributed by atoms with Gasteiger partial charge in [0.2, 0.25) is 0 Å². The molecule has 1 aliphatic rings. The lowest BCUT2D eigenvalue weighted by molar-refractivity contribution is 0.690. The van der Waals surface area contributed by atoms with E-state index in [4.69, 9.17) is 11.6 Å². The summed E-state index contributed by atoms with van der Waals surface area (Å²) in [6.07, 6.45) is 4.49. The highest BCUT2D eigenvalue weighted by molar-refractivity contribution is 6.30. The van der Waals surface area contributed by atoms with Crippen LogP contribution in [0.4, 0.5) is 11.6 Å². The maximum atomic E-state index is 6.00. The summed E-state index contributed by atoms with van der Waals surface area (Å²) in [5, 5.41) is 0.752. The summed E-state index contributed by atoms with van der Waals surface area (Å²) in [6, 6.07) is 12.1. The van der Waals surface area contributed by atoms with Crippen LogP contribution in [-0.2, 0) is 19.5 Å². The van der Waals surface area contributed by atoms with Crippen molar-refractivity contribution in [3.05, 3.63) is 76.3 Å². The first-order valence-corrected chi connectivity index (χ1v) is 9.44. The third-order valence-electron chi connectivity index (χ3n) is 4.89. The van der Waals surface area contributed by atoms with Crippen LogP contribution in [0.25, 0.3) is 0 Å². The van der Waals surface area contributed by atoms with Crippen molar-refractivity contribution in [3.63, 3.8) is 0 Å². The predicted molar refractivity (Wildman–Crippen MR) is 109 cm³/mol. The van der Waals surface area contributed by atoms with Crippen molar-refractivity contribution in [1.82, 2.24) is 15.0 Å². The number of rotatable bonds is 4. The molecule has 0 unspecified atom stereocenters. The van der Waals surface area contributed by atoms with Crippen LogP contribution in [0, 0.1) is 6.92 Å². The first-order chi connectivity index (χ1) is 13.1. The number of hydrogen-bond donors (Lipinski definition) is 0. The van der Waals surface area contributed by atoms with Crippen molar-refractivity contribution < 1.29 is 0 Å². The molecule has 0 bridgehead atoms. The monoisotopic (exact) mass is 379 g/mol. The maximum absolute atomic E-state index is 6.00. The van der Waals surface area contributed by atoms with Gasteiger partial charge in [-0.2, -0.15) is 0 Å². The van der Waals surface area contributed by atoms with Crippen molar-refractivity contribution in [2.24, 2.45) is 0 Å². The standard InChI is InChI=1S/C21H22ClN5/c1-15-3-8-20(23-11-15)27-10-9-19-18(13-27)21(25-14-24-19)26(2)12-16-4-6-17(22)7-5-16/h3-8,11,14H,9-10,12-13H2,1-2H3. The molecule has 2 aromatic heterocycles. The lowest BCUT2D eigenvalue weighted by Gasteiger charge is -2.32. The number of nitrogens with zero attached hydrogens (tertiary/aromatic N) is 5. The Labute approximate surface area is 164 Å². The van der Waals surface area contributed by atoms with Crippen LogP contribution in [0.15, 0.2) is 48.9 Å². The van der Waals surface area contributed by atoms with E-state index in [0.29, 0.717) is 0 Å². The zero-order valence-corrected chi connectivity index (χ0v) is 16.3. The number of fused-ring (bicyclic) bond motifs is 1. The minimum absolute atomic E-state index is 0.752. The van der Waals surface area contributed by atoms with Gasteiger partial charge in [-0.1, -0.05) is 29.8 Å². The number of hydrogen-bond acceptors (Lipinski definition) is 5. The minimum Gasteiger partial charge on any atom is -0.355 e. The van der Waals surface area contributed by atoms with E-state index < -0.39 is 0 Å². The van der Waals surface area contributed by atoms with Gasteiger partial charge in [-0.3, -0.25) is 0 Å². The molecule has 3 heterocycles. The molecule has 4 rings (SSSR count). The Bertz CT molecular complexity index is 924. The van der Waals surface area contributed by atoms with Gasteiger partial charge in [-0.15, -0.1) is 0 Å². The zero-order chi connectivity index (χ0) is 18.8. The molecular formula is C21H22ClN5. The van der Waals surface area contributed by atoms with Crippen LogP contribution >= 0.6 is 11.6 Å². The summed E-state index contributed by atoms with van der Waals surface area (Å²) in [5.74, 6) is 1.98. The third-order valence-corrected chi connectivity index (χ3v) is 5.15. The molecule has 0 amide bonds. The molecule has 6 heteroatoms. The van der Waals surface area contributed by atoms with Crippen molar-refractivity contribution in [3.8, 4) is 0 Å². The van der Waals surface area contributed by atoms with Gasteiger partial charge in [0.15, 0.2) is 0 Å². The molecule has 0 atom stereocenters. The molecule has 0 fully saturated rings. The summed E-state index contributed by atoms with van der Waals surface area (Å²) >= 11 is 6.00. The topological polar surface area (TPSA) is 45.2 Å². The van der Waals surface area contributed by atoms with E-state index >= 15 is 0 Å². The Kier molecular flexibility index (Phi) is 4.94. The second-order valence-electron chi connectivity index (χ2n) is 6.97. The van der Waals surface area contributed by atoms with Crippen LogP contribution in [0.3, 0.4) is 0 Å². The molecule has 0 aliphatic carbocycles. The van der Waals surface area contributed by atoms with Crippen LogP contribution in [0.5, 0.6) is 0 Å². The number of halogens is 1. The number of aryl methyl sites for hydroxylation is 1.